The van der Waals surface area contributed by atoms with E-state index >= 15 is 0 Å². The zero-order chi connectivity index (χ0) is 12.4. The Labute approximate surface area is 101 Å². The average Bonchev–Trinajstić information content (AvgIpc) is 2.68. The Morgan fingerprint density at radius 2 is 2.29 bits per heavy atom. The van der Waals surface area contributed by atoms with Gasteiger partial charge in [-0.3, -0.25) is 4.79 Å². The molecule has 0 spiro atoms. The summed E-state index contributed by atoms with van der Waals surface area (Å²) in [6, 6.07) is 4.03. The second-order valence-electron chi connectivity index (χ2n) is 4.32. The van der Waals surface area contributed by atoms with Crippen LogP contribution in [0.2, 0.25) is 0 Å². The lowest BCUT2D eigenvalue weighted by atomic mass is 10.0. The monoisotopic (exact) mass is 235 g/mol. The molecule has 4 nitrogen and oxygen atoms in total. The van der Waals surface area contributed by atoms with Crippen LogP contribution in [0, 0.1) is 0 Å². The van der Waals surface area contributed by atoms with Gasteiger partial charge in [0.1, 0.15) is 5.75 Å². The average molecular weight is 235 g/mol. The fourth-order valence-corrected chi connectivity index (χ4v) is 2.36. The van der Waals surface area contributed by atoms with Crippen LogP contribution in [0.4, 0.5) is 5.69 Å². The molecule has 0 aromatic heterocycles. The molecule has 1 aliphatic rings. The van der Waals surface area contributed by atoms with Gasteiger partial charge in [0.2, 0.25) is 0 Å². The molecule has 0 unspecified atom stereocenters. The third-order valence-corrected chi connectivity index (χ3v) is 3.24. The number of hydrogen-bond acceptors (Lipinski definition) is 3. The molecule has 2 rings (SSSR count). The van der Waals surface area contributed by atoms with Crippen LogP contribution in [0.1, 0.15) is 17.5 Å². The zero-order valence-corrected chi connectivity index (χ0v) is 10.2. The van der Waals surface area contributed by atoms with Crippen molar-refractivity contribution in [3.63, 3.8) is 0 Å². The highest BCUT2D eigenvalue weighted by molar-refractivity contribution is 5.69. The van der Waals surface area contributed by atoms with Crippen LogP contribution in [0.15, 0.2) is 12.1 Å². The van der Waals surface area contributed by atoms with Crippen LogP contribution in [0.25, 0.3) is 0 Å². The Morgan fingerprint density at radius 1 is 1.53 bits per heavy atom. The van der Waals surface area contributed by atoms with Crippen molar-refractivity contribution in [1.29, 1.82) is 0 Å². The number of methoxy groups -OCH3 is 1. The van der Waals surface area contributed by atoms with Crippen molar-refractivity contribution in [3.8, 4) is 5.75 Å². The number of carbonyl (C=O) groups is 1. The van der Waals surface area contributed by atoms with Gasteiger partial charge in [-0.1, -0.05) is 6.07 Å². The Kier molecular flexibility index (Phi) is 3.22. The number of ether oxygens (including phenoxy) is 1. The topological polar surface area (TPSA) is 49.8 Å². The molecule has 0 saturated carbocycles. The lowest BCUT2D eigenvalue weighted by Crippen LogP contribution is -2.12. The molecule has 1 heterocycles. The van der Waals surface area contributed by atoms with E-state index in [0.717, 1.165) is 24.3 Å². The minimum absolute atomic E-state index is 0.144. The van der Waals surface area contributed by atoms with Crippen molar-refractivity contribution in [3.05, 3.63) is 23.3 Å². The van der Waals surface area contributed by atoms with E-state index < -0.39 is 5.97 Å². The molecule has 0 atom stereocenters. The van der Waals surface area contributed by atoms with Crippen molar-refractivity contribution >= 4 is 11.7 Å². The predicted molar refractivity (Wildman–Crippen MR) is 65.9 cm³/mol. The van der Waals surface area contributed by atoms with Crippen molar-refractivity contribution in [2.75, 3.05) is 25.6 Å². The minimum atomic E-state index is -0.773. The van der Waals surface area contributed by atoms with Gasteiger partial charge in [-0.15, -0.1) is 0 Å². The zero-order valence-electron chi connectivity index (χ0n) is 10.2. The number of rotatable bonds is 4. The normalized spacial score (nSPS) is 13.6. The fourth-order valence-electron chi connectivity index (χ4n) is 2.36. The van der Waals surface area contributed by atoms with Crippen LogP contribution < -0.4 is 9.64 Å². The molecule has 4 heteroatoms. The van der Waals surface area contributed by atoms with Gasteiger partial charge in [-0.2, -0.15) is 0 Å². The van der Waals surface area contributed by atoms with Crippen molar-refractivity contribution < 1.29 is 14.6 Å². The van der Waals surface area contributed by atoms with E-state index in [2.05, 4.69) is 18.0 Å². The number of anilines is 1. The molecule has 0 amide bonds. The van der Waals surface area contributed by atoms with E-state index in [4.69, 9.17) is 9.84 Å². The molecule has 17 heavy (non-hydrogen) atoms. The summed E-state index contributed by atoms with van der Waals surface area (Å²) in [4.78, 5) is 12.8. The number of fused-ring (bicyclic) bond motifs is 1. The minimum Gasteiger partial charge on any atom is -0.496 e. The summed E-state index contributed by atoms with van der Waals surface area (Å²) in [5.74, 6) is 0.0952. The van der Waals surface area contributed by atoms with E-state index in [0.29, 0.717) is 6.42 Å². The molecule has 0 radical (unpaired) electrons. The number of nitrogens with zero attached hydrogens (tertiary/aromatic N) is 1. The van der Waals surface area contributed by atoms with Crippen LogP contribution in [-0.4, -0.2) is 31.8 Å². The summed E-state index contributed by atoms with van der Waals surface area (Å²) in [5.41, 5.74) is 3.39. The van der Waals surface area contributed by atoms with Crippen molar-refractivity contribution in [2.45, 2.75) is 19.3 Å². The molecular formula is C13H17NO3. The van der Waals surface area contributed by atoms with Crippen molar-refractivity contribution in [2.24, 2.45) is 0 Å². The van der Waals surface area contributed by atoms with Gasteiger partial charge < -0.3 is 14.7 Å². The highest BCUT2D eigenvalue weighted by atomic mass is 16.5. The Bertz CT molecular complexity index is 443. The predicted octanol–water partition coefficient (Wildman–Crippen LogP) is 1.70. The maximum Gasteiger partial charge on any atom is 0.303 e. The Morgan fingerprint density at radius 3 is 2.94 bits per heavy atom. The van der Waals surface area contributed by atoms with Gasteiger partial charge in [0.05, 0.1) is 7.11 Å². The van der Waals surface area contributed by atoms with Gasteiger partial charge >= 0.3 is 5.97 Å². The van der Waals surface area contributed by atoms with Crippen LogP contribution in [-0.2, 0) is 17.6 Å². The molecule has 0 saturated heterocycles. The number of hydrogen-bond donors (Lipinski definition) is 1. The van der Waals surface area contributed by atoms with Gasteiger partial charge in [-0.25, -0.2) is 0 Å². The summed E-state index contributed by atoms with van der Waals surface area (Å²) >= 11 is 0. The Hall–Kier alpha value is -1.71. The molecular weight excluding hydrogens is 218 g/mol. The number of carboxylic acids is 1. The smallest absolute Gasteiger partial charge is 0.303 e. The quantitative estimate of drug-likeness (QED) is 0.863. The third-order valence-electron chi connectivity index (χ3n) is 3.24. The number of aliphatic carboxylic acids is 1. The number of likely N-dealkylation sites (N-methyl/N-ethyl adjacent to an activating group) is 1. The van der Waals surface area contributed by atoms with Gasteiger partial charge in [0, 0.05) is 31.3 Å². The van der Waals surface area contributed by atoms with Crippen molar-refractivity contribution in [1.82, 2.24) is 0 Å². The van der Waals surface area contributed by atoms with E-state index in [1.54, 1.807) is 7.11 Å². The van der Waals surface area contributed by atoms with E-state index in [9.17, 15) is 4.79 Å². The molecule has 1 aromatic rings. The van der Waals surface area contributed by atoms with E-state index in [-0.39, 0.29) is 6.42 Å². The number of benzene rings is 1. The lowest BCUT2D eigenvalue weighted by Gasteiger charge is -2.15. The maximum atomic E-state index is 10.6. The second-order valence-corrected chi connectivity index (χ2v) is 4.32. The maximum absolute atomic E-state index is 10.6. The highest BCUT2D eigenvalue weighted by Crippen LogP contribution is 2.37. The lowest BCUT2D eigenvalue weighted by molar-refractivity contribution is -0.136. The second kappa shape index (κ2) is 4.65. The molecule has 0 fully saturated rings. The summed E-state index contributed by atoms with van der Waals surface area (Å²) in [7, 11) is 3.71. The molecule has 0 aliphatic carbocycles. The summed E-state index contributed by atoms with van der Waals surface area (Å²) in [6.07, 6.45) is 1.64. The van der Waals surface area contributed by atoms with Gasteiger partial charge in [0.15, 0.2) is 0 Å². The number of aryl methyl sites for hydroxylation is 1. The summed E-state index contributed by atoms with van der Waals surface area (Å²) < 4.78 is 5.45. The van der Waals surface area contributed by atoms with Gasteiger partial charge in [0.25, 0.3) is 0 Å². The fraction of sp³-hybridized carbons (Fsp3) is 0.462. The van der Waals surface area contributed by atoms with E-state index in [1.165, 1.54) is 11.3 Å². The highest BCUT2D eigenvalue weighted by Gasteiger charge is 2.22. The molecule has 0 bridgehead atoms. The first-order valence-electron chi connectivity index (χ1n) is 5.75. The third kappa shape index (κ3) is 2.20. The molecule has 1 N–H and O–H groups in total. The standard InChI is InChI=1S/C13H17NO3/c1-14-8-7-10-11(14)5-3-9(13(10)17-2)4-6-12(15)16/h3,5H,4,6-8H2,1-2H3,(H,15,16). The summed E-state index contributed by atoms with van der Waals surface area (Å²) in [5, 5.41) is 8.72. The Balaban J connectivity index is 2.32. The summed E-state index contributed by atoms with van der Waals surface area (Å²) in [6.45, 7) is 0.994. The van der Waals surface area contributed by atoms with E-state index in [1.807, 2.05) is 6.07 Å². The molecule has 92 valence electrons. The van der Waals surface area contributed by atoms with Crippen LogP contribution >= 0.6 is 0 Å². The SMILES string of the molecule is COc1c(CCC(=O)O)ccc2c1CCN2C. The first-order chi connectivity index (χ1) is 8.13. The van der Waals surface area contributed by atoms with Crippen LogP contribution in [0.3, 0.4) is 0 Å². The van der Waals surface area contributed by atoms with Gasteiger partial charge in [-0.05, 0) is 24.5 Å². The molecule has 1 aromatic carbocycles. The molecule has 1 aliphatic heterocycles. The first-order valence-corrected chi connectivity index (χ1v) is 5.75. The first kappa shape index (κ1) is 11.8. The number of carboxylic acid groups (broad SMARTS) is 1. The van der Waals surface area contributed by atoms with Crippen LogP contribution in [0.5, 0.6) is 5.75 Å². The largest absolute Gasteiger partial charge is 0.496 e.